The summed E-state index contributed by atoms with van der Waals surface area (Å²) in [5, 5.41) is 0. The molecule has 1 heterocycles. The standard InChI is InChI=1S/C7H5F2NO/c8-7(9)6-1-2-10-3-5(6)4-11/h1-4,7H. The van der Waals surface area contributed by atoms with E-state index in [0.29, 0.717) is 6.29 Å². The molecule has 0 aliphatic heterocycles. The first kappa shape index (κ1) is 7.78. The molecule has 0 fully saturated rings. The van der Waals surface area contributed by atoms with E-state index in [1.807, 2.05) is 0 Å². The Kier molecular flexibility index (Phi) is 2.25. The molecule has 0 radical (unpaired) electrons. The fourth-order valence-corrected chi connectivity index (χ4v) is 0.715. The Morgan fingerprint density at radius 3 is 2.73 bits per heavy atom. The van der Waals surface area contributed by atoms with Crippen LogP contribution < -0.4 is 0 Å². The van der Waals surface area contributed by atoms with E-state index in [1.165, 1.54) is 6.20 Å². The van der Waals surface area contributed by atoms with Gasteiger partial charge in [-0.1, -0.05) is 0 Å². The molecule has 1 rings (SSSR count). The smallest absolute Gasteiger partial charge is 0.264 e. The molecule has 0 saturated heterocycles. The van der Waals surface area contributed by atoms with Gasteiger partial charge in [0.05, 0.1) is 0 Å². The molecule has 2 nitrogen and oxygen atoms in total. The van der Waals surface area contributed by atoms with Crippen molar-refractivity contribution in [2.24, 2.45) is 0 Å². The molecule has 0 unspecified atom stereocenters. The zero-order valence-corrected chi connectivity index (χ0v) is 5.50. The van der Waals surface area contributed by atoms with E-state index < -0.39 is 6.43 Å². The molecular weight excluding hydrogens is 152 g/mol. The maximum Gasteiger partial charge on any atom is 0.264 e. The Bertz CT molecular complexity index is 262. The first-order valence-electron chi connectivity index (χ1n) is 2.93. The highest BCUT2D eigenvalue weighted by Crippen LogP contribution is 2.20. The van der Waals surface area contributed by atoms with Crippen molar-refractivity contribution in [2.75, 3.05) is 0 Å². The van der Waals surface area contributed by atoms with E-state index in [4.69, 9.17) is 0 Å². The Hall–Kier alpha value is -1.32. The number of alkyl halides is 2. The van der Waals surface area contributed by atoms with Crippen LogP contribution in [0.3, 0.4) is 0 Å². The number of nitrogens with zero attached hydrogens (tertiary/aromatic N) is 1. The minimum absolute atomic E-state index is 0.0532. The number of halogens is 2. The van der Waals surface area contributed by atoms with Gasteiger partial charge in [-0.2, -0.15) is 0 Å². The lowest BCUT2D eigenvalue weighted by Crippen LogP contribution is -1.93. The van der Waals surface area contributed by atoms with E-state index in [9.17, 15) is 13.6 Å². The van der Waals surface area contributed by atoms with Gasteiger partial charge >= 0.3 is 0 Å². The topological polar surface area (TPSA) is 30.0 Å². The number of carbonyl (C=O) groups excluding carboxylic acids is 1. The molecule has 0 aromatic carbocycles. The van der Waals surface area contributed by atoms with Crippen molar-refractivity contribution in [1.82, 2.24) is 4.98 Å². The number of pyridine rings is 1. The Morgan fingerprint density at radius 2 is 2.27 bits per heavy atom. The molecule has 0 amide bonds. The lowest BCUT2D eigenvalue weighted by molar-refractivity contribution is 0.110. The average Bonchev–Trinajstić information content (AvgIpc) is 2.04. The molecule has 1 aromatic heterocycles. The van der Waals surface area contributed by atoms with Gasteiger partial charge in [0.25, 0.3) is 6.43 Å². The fraction of sp³-hybridized carbons (Fsp3) is 0.143. The van der Waals surface area contributed by atoms with Crippen LogP contribution in [0.4, 0.5) is 8.78 Å². The number of carbonyl (C=O) groups is 1. The van der Waals surface area contributed by atoms with Crippen molar-refractivity contribution in [1.29, 1.82) is 0 Å². The highest BCUT2D eigenvalue weighted by atomic mass is 19.3. The molecule has 0 aliphatic carbocycles. The van der Waals surface area contributed by atoms with E-state index in [1.54, 1.807) is 0 Å². The van der Waals surface area contributed by atoms with Gasteiger partial charge in [0.1, 0.15) is 0 Å². The molecule has 0 atom stereocenters. The lowest BCUT2D eigenvalue weighted by atomic mass is 10.2. The van der Waals surface area contributed by atoms with Gasteiger partial charge in [-0.05, 0) is 6.07 Å². The number of hydrogen-bond acceptors (Lipinski definition) is 2. The third-order valence-corrected chi connectivity index (χ3v) is 1.25. The average molecular weight is 157 g/mol. The van der Waals surface area contributed by atoms with Crippen LogP contribution in [0.2, 0.25) is 0 Å². The Labute approximate surface area is 61.9 Å². The zero-order valence-electron chi connectivity index (χ0n) is 5.50. The second-order valence-corrected chi connectivity index (χ2v) is 1.92. The van der Waals surface area contributed by atoms with Gasteiger partial charge in [0, 0.05) is 23.5 Å². The first-order chi connectivity index (χ1) is 5.25. The van der Waals surface area contributed by atoms with Crippen molar-refractivity contribution in [3.63, 3.8) is 0 Å². The summed E-state index contributed by atoms with van der Waals surface area (Å²) in [5.74, 6) is 0. The molecule has 58 valence electrons. The van der Waals surface area contributed by atoms with Gasteiger partial charge in [-0.25, -0.2) is 8.78 Å². The maximum absolute atomic E-state index is 12.0. The van der Waals surface area contributed by atoms with Gasteiger partial charge in [-0.3, -0.25) is 9.78 Å². The van der Waals surface area contributed by atoms with Crippen LogP contribution in [0.5, 0.6) is 0 Å². The number of aldehydes is 1. The van der Waals surface area contributed by atoms with E-state index in [2.05, 4.69) is 4.98 Å². The molecule has 0 bridgehead atoms. The predicted octanol–water partition coefficient (Wildman–Crippen LogP) is 1.83. The van der Waals surface area contributed by atoms with Gasteiger partial charge in [0.2, 0.25) is 0 Å². The van der Waals surface area contributed by atoms with Crippen LogP contribution in [-0.2, 0) is 0 Å². The van der Waals surface area contributed by atoms with Crippen LogP contribution in [0.25, 0.3) is 0 Å². The minimum atomic E-state index is -2.61. The minimum Gasteiger partial charge on any atom is -0.298 e. The van der Waals surface area contributed by atoms with Crippen LogP contribution in [0.1, 0.15) is 22.3 Å². The van der Waals surface area contributed by atoms with Crippen LogP contribution in [0.15, 0.2) is 18.5 Å². The largest absolute Gasteiger partial charge is 0.298 e. The molecule has 0 spiro atoms. The number of rotatable bonds is 2. The van der Waals surface area contributed by atoms with Gasteiger partial charge in [0.15, 0.2) is 6.29 Å². The summed E-state index contributed by atoms with van der Waals surface area (Å²) in [4.78, 5) is 13.7. The molecular formula is C7H5F2NO. The molecule has 0 aliphatic rings. The zero-order chi connectivity index (χ0) is 8.27. The summed E-state index contributed by atoms with van der Waals surface area (Å²) in [6, 6.07) is 1.13. The molecule has 1 aromatic rings. The third-order valence-electron chi connectivity index (χ3n) is 1.25. The summed E-state index contributed by atoms with van der Waals surface area (Å²) in [5.41, 5.74) is -0.322. The molecule has 0 N–H and O–H groups in total. The normalized spacial score (nSPS) is 10.1. The molecule has 0 saturated carbocycles. The van der Waals surface area contributed by atoms with Gasteiger partial charge < -0.3 is 0 Å². The quantitative estimate of drug-likeness (QED) is 0.613. The summed E-state index contributed by atoms with van der Waals surface area (Å²) < 4.78 is 24.1. The van der Waals surface area contributed by atoms with Crippen molar-refractivity contribution in [3.8, 4) is 0 Å². The first-order valence-corrected chi connectivity index (χ1v) is 2.93. The van der Waals surface area contributed by atoms with E-state index in [-0.39, 0.29) is 11.1 Å². The highest BCUT2D eigenvalue weighted by molar-refractivity contribution is 5.76. The van der Waals surface area contributed by atoms with E-state index >= 15 is 0 Å². The van der Waals surface area contributed by atoms with E-state index in [0.717, 1.165) is 12.3 Å². The predicted molar refractivity (Wildman–Crippen MR) is 34.6 cm³/mol. The SMILES string of the molecule is O=Cc1cnccc1C(F)F. The second kappa shape index (κ2) is 3.18. The third kappa shape index (κ3) is 1.58. The van der Waals surface area contributed by atoms with Gasteiger partial charge in [-0.15, -0.1) is 0 Å². The van der Waals surface area contributed by atoms with Crippen molar-refractivity contribution in [3.05, 3.63) is 29.6 Å². The van der Waals surface area contributed by atoms with Crippen molar-refractivity contribution < 1.29 is 13.6 Å². The summed E-state index contributed by atoms with van der Waals surface area (Å²) >= 11 is 0. The van der Waals surface area contributed by atoms with Crippen LogP contribution in [-0.4, -0.2) is 11.3 Å². The summed E-state index contributed by atoms with van der Waals surface area (Å²) in [6.07, 6.45) is 0.107. The van der Waals surface area contributed by atoms with Crippen molar-refractivity contribution in [2.45, 2.75) is 6.43 Å². The highest BCUT2D eigenvalue weighted by Gasteiger charge is 2.10. The maximum atomic E-state index is 12.0. The Balaban J connectivity index is 3.12. The lowest BCUT2D eigenvalue weighted by Gasteiger charge is -1.99. The summed E-state index contributed by atoms with van der Waals surface area (Å²) in [6.45, 7) is 0. The monoisotopic (exact) mass is 157 g/mol. The number of aromatic nitrogens is 1. The molecule has 11 heavy (non-hydrogen) atoms. The second-order valence-electron chi connectivity index (χ2n) is 1.92. The fourth-order valence-electron chi connectivity index (χ4n) is 0.715. The van der Waals surface area contributed by atoms with Crippen molar-refractivity contribution >= 4 is 6.29 Å². The van der Waals surface area contributed by atoms with Crippen LogP contribution in [0, 0.1) is 0 Å². The molecule has 4 heteroatoms. The Morgan fingerprint density at radius 1 is 1.55 bits per heavy atom. The summed E-state index contributed by atoms with van der Waals surface area (Å²) in [7, 11) is 0. The van der Waals surface area contributed by atoms with Crippen LogP contribution >= 0.6 is 0 Å². The number of hydrogen-bond donors (Lipinski definition) is 0.